The Labute approximate surface area is 95.2 Å². The van der Waals surface area contributed by atoms with Crippen molar-refractivity contribution >= 4 is 9.84 Å². The fourth-order valence-corrected chi connectivity index (χ4v) is 3.43. The van der Waals surface area contributed by atoms with Crippen LogP contribution < -0.4 is 5.32 Å². The summed E-state index contributed by atoms with van der Waals surface area (Å²) in [6.07, 6.45) is 0.727. The lowest BCUT2D eigenvalue weighted by atomic mass is 10.2. The average molecular weight is 241 g/mol. The van der Waals surface area contributed by atoms with Crippen LogP contribution in [0.1, 0.15) is 22.8 Å². The molecule has 0 saturated heterocycles. The quantitative estimate of drug-likeness (QED) is 0.805. The predicted molar refractivity (Wildman–Crippen MR) is 60.7 cm³/mol. The molecule has 0 aliphatic carbocycles. The summed E-state index contributed by atoms with van der Waals surface area (Å²) in [5, 5.41) is 3.02. The molecular weight excluding hydrogens is 226 g/mol. The highest BCUT2D eigenvalue weighted by Gasteiger charge is 2.28. The van der Waals surface area contributed by atoms with Crippen LogP contribution in [-0.2, 0) is 27.8 Å². The Morgan fingerprint density at radius 2 is 2.06 bits per heavy atom. The second-order valence-electron chi connectivity index (χ2n) is 4.04. The normalized spacial score (nSPS) is 17.4. The largest absolute Gasteiger partial charge is 0.319 e. The number of aromatic nitrogens is 2. The lowest BCUT2D eigenvalue weighted by Gasteiger charge is -2.05. The van der Waals surface area contributed by atoms with Crippen LogP contribution in [0.4, 0.5) is 0 Å². The minimum Gasteiger partial charge on any atom is -0.319 e. The fraction of sp³-hybridized carbons (Fsp3) is 0.600. The molecule has 0 fully saturated rings. The molecule has 16 heavy (non-hydrogen) atoms. The molecule has 0 amide bonds. The van der Waals surface area contributed by atoms with Crippen molar-refractivity contribution in [2.75, 3.05) is 13.6 Å². The van der Waals surface area contributed by atoms with Crippen LogP contribution in [0.15, 0.2) is 0 Å². The van der Waals surface area contributed by atoms with E-state index in [0.29, 0.717) is 5.69 Å². The molecule has 1 aromatic heterocycles. The van der Waals surface area contributed by atoms with Crippen LogP contribution in [-0.4, -0.2) is 32.0 Å². The minimum atomic E-state index is -2.98. The van der Waals surface area contributed by atoms with Gasteiger partial charge in [0.25, 0.3) is 0 Å². The Balaban J connectivity index is 2.34. The smallest absolute Gasteiger partial charge is 0.160 e. The van der Waals surface area contributed by atoms with Crippen molar-refractivity contribution in [3.05, 3.63) is 22.8 Å². The number of nitrogens with one attached hydrogen (secondary N) is 1. The van der Waals surface area contributed by atoms with E-state index in [9.17, 15) is 8.42 Å². The molecule has 88 valence electrons. The van der Waals surface area contributed by atoms with Gasteiger partial charge in [0.1, 0.15) is 5.82 Å². The van der Waals surface area contributed by atoms with E-state index in [1.807, 2.05) is 14.0 Å². The molecule has 5 nitrogen and oxygen atoms in total. The molecule has 0 unspecified atom stereocenters. The molecule has 1 aliphatic rings. The molecule has 2 heterocycles. The third-order valence-corrected chi connectivity index (χ3v) is 4.11. The first-order chi connectivity index (χ1) is 7.52. The van der Waals surface area contributed by atoms with E-state index in [-0.39, 0.29) is 11.5 Å². The maximum absolute atomic E-state index is 11.5. The number of rotatable bonds is 3. The summed E-state index contributed by atoms with van der Waals surface area (Å²) < 4.78 is 23.0. The van der Waals surface area contributed by atoms with E-state index < -0.39 is 9.84 Å². The standard InChI is InChI=1S/C10H15N3O2S/c1-7-8-5-16(14,15)6-9(8)13-10(12-7)3-4-11-2/h11H,3-6H2,1-2H3. The van der Waals surface area contributed by atoms with Gasteiger partial charge >= 0.3 is 0 Å². The van der Waals surface area contributed by atoms with Crippen LogP contribution >= 0.6 is 0 Å². The van der Waals surface area contributed by atoms with Gasteiger partial charge in [0.2, 0.25) is 0 Å². The molecule has 0 radical (unpaired) electrons. The second-order valence-corrected chi connectivity index (χ2v) is 6.10. The highest BCUT2D eigenvalue weighted by molar-refractivity contribution is 7.90. The molecule has 0 saturated carbocycles. The molecule has 0 spiro atoms. The highest BCUT2D eigenvalue weighted by atomic mass is 32.2. The van der Waals surface area contributed by atoms with Crippen molar-refractivity contribution in [1.29, 1.82) is 0 Å². The number of aryl methyl sites for hydroxylation is 1. The lowest BCUT2D eigenvalue weighted by Crippen LogP contribution is -2.13. The maximum Gasteiger partial charge on any atom is 0.160 e. The zero-order valence-electron chi connectivity index (χ0n) is 9.45. The number of sulfone groups is 1. The first kappa shape index (κ1) is 11.5. The maximum atomic E-state index is 11.5. The molecule has 0 aromatic carbocycles. The Bertz CT molecular complexity index is 511. The molecule has 1 aliphatic heterocycles. The summed E-state index contributed by atoms with van der Waals surface area (Å²) in [7, 11) is -1.12. The van der Waals surface area contributed by atoms with E-state index in [1.165, 1.54) is 0 Å². The van der Waals surface area contributed by atoms with Crippen LogP contribution in [0.2, 0.25) is 0 Å². The molecule has 1 N–H and O–H groups in total. The van der Waals surface area contributed by atoms with Crippen LogP contribution in [0.3, 0.4) is 0 Å². The van der Waals surface area contributed by atoms with Gasteiger partial charge in [-0.25, -0.2) is 18.4 Å². The highest BCUT2D eigenvalue weighted by Crippen LogP contribution is 2.25. The van der Waals surface area contributed by atoms with Gasteiger partial charge in [-0.1, -0.05) is 0 Å². The molecule has 0 bridgehead atoms. The third-order valence-electron chi connectivity index (χ3n) is 2.67. The van der Waals surface area contributed by atoms with E-state index in [0.717, 1.165) is 30.0 Å². The molecule has 1 aromatic rings. The van der Waals surface area contributed by atoms with Crippen LogP contribution in [0, 0.1) is 6.92 Å². The lowest BCUT2D eigenvalue weighted by molar-refractivity contribution is 0.597. The Kier molecular flexibility index (Phi) is 2.94. The van der Waals surface area contributed by atoms with Gasteiger partial charge < -0.3 is 5.32 Å². The summed E-state index contributed by atoms with van der Waals surface area (Å²) in [5.41, 5.74) is 2.30. The Hall–Kier alpha value is -1.01. The first-order valence-corrected chi connectivity index (χ1v) is 7.04. The minimum absolute atomic E-state index is 0.0677. The first-order valence-electron chi connectivity index (χ1n) is 5.22. The topological polar surface area (TPSA) is 72.0 Å². The summed E-state index contributed by atoms with van der Waals surface area (Å²) in [6.45, 7) is 2.65. The molecule has 6 heteroatoms. The molecule has 0 atom stereocenters. The van der Waals surface area contributed by atoms with Gasteiger partial charge in [0.15, 0.2) is 9.84 Å². The van der Waals surface area contributed by atoms with Crippen molar-refractivity contribution < 1.29 is 8.42 Å². The van der Waals surface area contributed by atoms with E-state index in [1.54, 1.807) is 0 Å². The van der Waals surface area contributed by atoms with Gasteiger partial charge in [-0.2, -0.15) is 0 Å². The second kappa shape index (κ2) is 4.10. The fourth-order valence-electron chi connectivity index (χ4n) is 1.85. The van der Waals surface area contributed by atoms with Gasteiger partial charge in [-0.05, 0) is 14.0 Å². The third kappa shape index (κ3) is 2.22. The van der Waals surface area contributed by atoms with Crippen molar-refractivity contribution in [2.24, 2.45) is 0 Å². The Morgan fingerprint density at radius 1 is 1.31 bits per heavy atom. The van der Waals surface area contributed by atoms with E-state index >= 15 is 0 Å². The van der Waals surface area contributed by atoms with Gasteiger partial charge in [0, 0.05) is 24.2 Å². The van der Waals surface area contributed by atoms with Crippen molar-refractivity contribution in [3.63, 3.8) is 0 Å². The number of fused-ring (bicyclic) bond motifs is 1. The van der Waals surface area contributed by atoms with Gasteiger partial charge in [0.05, 0.1) is 17.2 Å². The van der Waals surface area contributed by atoms with Crippen molar-refractivity contribution in [1.82, 2.24) is 15.3 Å². The number of hydrogen-bond acceptors (Lipinski definition) is 5. The molecule has 2 rings (SSSR count). The number of likely N-dealkylation sites (N-methyl/N-ethyl adjacent to an activating group) is 1. The van der Waals surface area contributed by atoms with Gasteiger partial charge in [-0.3, -0.25) is 0 Å². The van der Waals surface area contributed by atoms with E-state index in [4.69, 9.17) is 0 Å². The predicted octanol–water partition coefficient (Wildman–Crippen LogP) is -0.0247. The van der Waals surface area contributed by atoms with Crippen LogP contribution in [0.25, 0.3) is 0 Å². The zero-order valence-corrected chi connectivity index (χ0v) is 10.3. The Morgan fingerprint density at radius 3 is 2.75 bits per heavy atom. The molecular formula is C10H15N3O2S. The number of hydrogen-bond donors (Lipinski definition) is 1. The van der Waals surface area contributed by atoms with Crippen molar-refractivity contribution in [2.45, 2.75) is 24.9 Å². The van der Waals surface area contributed by atoms with Gasteiger partial charge in [-0.15, -0.1) is 0 Å². The summed E-state index contributed by atoms with van der Waals surface area (Å²) >= 11 is 0. The summed E-state index contributed by atoms with van der Waals surface area (Å²) in [5.74, 6) is 0.890. The van der Waals surface area contributed by atoms with Crippen molar-refractivity contribution in [3.8, 4) is 0 Å². The van der Waals surface area contributed by atoms with E-state index in [2.05, 4.69) is 15.3 Å². The number of nitrogens with zero attached hydrogens (tertiary/aromatic N) is 2. The van der Waals surface area contributed by atoms with Crippen LogP contribution in [0.5, 0.6) is 0 Å². The zero-order chi connectivity index (χ0) is 11.8. The summed E-state index contributed by atoms with van der Waals surface area (Å²) in [4.78, 5) is 8.65. The SMILES string of the molecule is CNCCc1nc(C)c2c(n1)CS(=O)(=O)C2. The summed E-state index contributed by atoms with van der Waals surface area (Å²) in [6, 6.07) is 0. The monoisotopic (exact) mass is 241 g/mol. The average Bonchev–Trinajstić information content (AvgIpc) is 2.50.